The molecule has 0 spiro atoms. The molecule has 0 rings (SSSR count). The van der Waals surface area contributed by atoms with E-state index in [1.807, 2.05) is 25.7 Å². The first-order valence-corrected chi connectivity index (χ1v) is 5.69. The summed E-state index contributed by atoms with van der Waals surface area (Å²) in [6, 6.07) is -0.421. The second kappa shape index (κ2) is 7.22. The van der Waals surface area contributed by atoms with Gasteiger partial charge in [-0.25, -0.2) is 0 Å². The molecule has 0 amide bonds. The van der Waals surface area contributed by atoms with E-state index in [9.17, 15) is 9.59 Å². The van der Waals surface area contributed by atoms with Crippen LogP contribution in [0.4, 0.5) is 0 Å². The minimum absolute atomic E-state index is 0.421. The molecule has 0 saturated heterocycles. The maximum absolute atomic E-state index is 11.0. The average molecular weight is 231 g/mol. The Morgan fingerprint density at radius 1 is 1.06 bits per heavy atom. The first-order chi connectivity index (χ1) is 7.49. The molecule has 0 aliphatic rings. The second-order valence-corrected chi connectivity index (χ2v) is 3.73. The van der Waals surface area contributed by atoms with E-state index in [-0.39, 0.29) is 0 Å². The lowest BCUT2D eigenvalue weighted by Gasteiger charge is -2.31. The molecule has 0 radical (unpaired) electrons. The fraction of sp³-hybridized carbons (Fsp3) is 0.818. The number of carboxylic acids is 2. The number of carbonyl (C=O) groups is 2. The predicted octanol–water partition coefficient (Wildman–Crippen LogP) is 1.28. The first kappa shape index (κ1) is 14.9. The van der Waals surface area contributed by atoms with E-state index >= 15 is 0 Å². The molecule has 0 aromatic heterocycles. The Kier molecular flexibility index (Phi) is 6.72. The summed E-state index contributed by atoms with van der Waals surface area (Å²) in [6.45, 7) is 7.08. The van der Waals surface area contributed by atoms with Crippen molar-refractivity contribution in [3.8, 4) is 0 Å². The summed E-state index contributed by atoms with van der Waals surface area (Å²) >= 11 is 0. The Labute approximate surface area is 96.1 Å². The fourth-order valence-electron chi connectivity index (χ4n) is 1.98. The maximum atomic E-state index is 11.0. The smallest absolute Gasteiger partial charge is 0.319 e. The van der Waals surface area contributed by atoms with Gasteiger partial charge in [-0.2, -0.15) is 0 Å². The zero-order valence-electron chi connectivity index (χ0n) is 10.1. The normalized spacial score (nSPS) is 13.1. The van der Waals surface area contributed by atoms with Crippen LogP contribution in [-0.4, -0.2) is 46.2 Å². The van der Waals surface area contributed by atoms with Crippen molar-refractivity contribution in [2.75, 3.05) is 13.1 Å². The van der Waals surface area contributed by atoms with Crippen molar-refractivity contribution in [3.63, 3.8) is 0 Å². The van der Waals surface area contributed by atoms with Crippen LogP contribution in [0, 0.1) is 5.92 Å². The molecule has 0 aromatic rings. The standard InChI is InChI=1S/C11H21NO4/c1-4-7-8(12(5-2)6-3)9(10(13)14)11(15)16/h8-9H,4-7H2,1-3H3,(H,13,14)(H,15,16). The lowest BCUT2D eigenvalue weighted by Crippen LogP contribution is -2.46. The Balaban J connectivity index is 4.96. The van der Waals surface area contributed by atoms with Gasteiger partial charge >= 0.3 is 11.9 Å². The summed E-state index contributed by atoms with van der Waals surface area (Å²) in [5.41, 5.74) is 0. The number of aliphatic carboxylic acids is 2. The Morgan fingerprint density at radius 2 is 1.50 bits per heavy atom. The lowest BCUT2D eigenvalue weighted by atomic mass is 9.94. The van der Waals surface area contributed by atoms with Gasteiger partial charge < -0.3 is 10.2 Å². The van der Waals surface area contributed by atoms with Gasteiger partial charge in [-0.15, -0.1) is 0 Å². The van der Waals surface area contributed by atoms with Gasteiger partial charge in [-0.05, 0) is 19.5 Å². The van der Waals surface area contributed by atoms with Crippen LogP contribution in [-0.2, 0) is 9.59 Å². The zero-order chi connectivity index (χ0) is 12.7. The molecule has 5 heteroatoms. The SMILES string of the molecule is CCCC(C(C(=O)O)C(=O)O)N(CC)CC. The van der Waals surface area contributed by atoms with Gasteiger partial charge in [0, 0.05) is 6.04 Å². The highest BCUT2D eigenvalue weighted by Gasteiger charge is 2.36. The van der Waals surface area contributed by atoms with Crippen LogP contribution >= 0.6 is 0 Å². The van der Waals surface area contributed by atoms with E-state index in [1.54, 1.807) is 0 Å². The third kappa shape index (κ3) is 3.81. The van der Waals surface area contributed by atoms with Crippen LogP contribution in [0.15, 0.2) is 0 Å². The number of rotatable bonds is 8. The largest absolute Gasteiger partial charge is 0.481 e. The molecule has 94 valence electrons. The molecule has 5 nitrogen and oxygen atoms in total. The van der Waals surface area contributed by atoms with Crippen molar-refractivity contribution in [3.05, 3.63) is 0 Å². The van der Waals surface area contributed by atoms with Crippen molar-refractivity contribution >= 4 is 11.9 Å². The molecular formula is C11H21NO4. The highest BCUT2D eigenvalue weighted by Crippen LogP contribution is 2.17. The fourth-order valence-corrected chi connectivity index (χ4v) is 1.98. The number of nitrogens with zero attached hydrogens (tertiary/aromatic N) is 1. The minimum atomic E-state index is -1.33. The monoisotopic (exact) mass is 231 g/mol. The topological polar surface area (TPSA) is 77.8 Å². The molecule has 16 heavy (non-hydrogen) atoms. The molecule has 0 heterocycles. The van der Waals surface area contributed by atoms with Crippen LogP contribution < -0.4 is 0 Å². The van der Waals surface area contributed by atoms with Crippen molar-refractivity contribution in [1.82, 2.24) is 4.90 Å². The molecule has 0 bridgehead atoms. The molecule has 0 aliphatic carbocycles. The van der Waals surface area contributed by atoms with Crippen LogP contribution in [0.5, 0.6) is 0 Å². The van der Waals surface area contributed by atoms with Crippen molar-refractivity contribution in [2.45, 2.75) is 39.7 Å². The Morgan fingerprint density at radius 3 is 1.75 bits per heavy atom. The third-order valence-electron chi connectivity index (χ3n) is 2.78. The summed E-state index contributed by atoms with van der Waals surface area (Å²) in [5.74, 6) is -3.84. The number of hydrogen-bond acceptors (Lipinski definition) is 3. The van der Waals surface area contributed by atoms with Crippen LogP contribution in [0.2, 0.25) is 0 Å². The van der Waals surface area contributed by atoms with Gasteiger partial charge in [0.2, 0.25) is 0 Å². The summed E-state index contributed by atoms with van der Waals surface area (Å²) in [6.07, 6.45) is 1.36. The summed E-state index contributed by atoms with van der Waals surface area (Å²) in [5, 5.41) is 17.9. The zero-order valence-corrected chi connectivity index (χ0v) is 10.1. The van der Waals surface area contributed by atoms with E-state index in [1.165, 1.54) is 0 Å². The average Bonchev–Trinajstić information content (AvgIpc) is 2.18. The molecule has 0 aromatic carbocycles. The highest BCUT2D eigenvalue weighted by molar-refractivity contribution is 5.93. The van der Waals surface area contributed by atoms with Crippen molar-refractivity contribution in [2.24, 2.45) is 5.92 Å². The lowest BCUT2D eigenvalue weighted by molar-refractivity contribution is -0.158. The quantitative estimate of drug-likeness (QED) is 0.615. The van der Waals surface area contributed by atoms with E-state index in [4.69, 9.17) is 10.2 Å². The van der Waals surface area contributed by atoms with E-state index in [2.05, 4.69) is 0 Å². The van der Waals surface area contributed by atoms with Gasteiger partial charge in [0.15, 0.2) is 5.92 Å². The highest BCUT2D eigenvalue weighted by atomic mass is 16.4. The number of carboxylic acid groups (broad SMARTS) is 2. The second-order valence-electron chi connectivity index (χ2n) is 3.73. The molecule has 1 atom stereocenters. The molecular weight excluding hydrogens is 210 g/mol. The van der Waals surface area contributed by atoms with Crippen molar-refractivity contribution in [1.29, 1.82) is 0 Å². The summed E-state index contributed by atoms with van der Waals surface area (Å²) < 4.78 is 0. The summed E-state index contributed by atoms with van der Waals surface area (Å²) in [7, 11) is 0. The van der Waals surface area contributed by atoms with Crippen LogP contribution in [0.25, 0.3) is 0 Å². The first-order valence-electron chi connectivity index (χ1n) is 5.69. The van der Waals surface area contributed by atoms with Gasteiger partial charge in [-0.1, -0.05) is 27.2 Å². The summed E-state index contributed by atoms with van der Waals surface area (Å²) in [4.78, 5) is 23.9. The van der Waals surface area contributed by atoms with Crippen molar-refractivity contribution < 1.29 is 19.8 Å². The van der Waals surface area contributed by atoms with E-state index in [0.29, 0.717) is 19.5 Å². The molecule has 1 unspecified atom stereocenters. The third-order valence-corrected chi connectivity index (χ3v) is 2.78. The van der Waals surface area contributed by atoms with E-state index < -0.39 is 23.9 Å². The molecule has 0 fully saturated rings. The van der Waals surface area contributed by atoms with Gasteiger partial charge in [0.05, 0.1) is 0 Å². The van der Waals surface area contributed by atoms with Crippen LogP contribution in [0.3, 0.4) is 0 Å². The predicted molar refractivity (Wildman–Crippen MR) is 60.4 cm³/mol. The number of hydrogen-bond donors (Lipinski definition) is 2. The molecule has 0 aliphatic heterocycles. The van der Waals surface area contributed by atoms with Gasteiger partial charge in [-0.3, -0.25) is 14.5 Å². The molecule has 2 N–H and O–H groups in total. The Hall–Kier alpha value is -1.10. The van der Waals surface area contributed by atoms with E-state index in [0.717, 1.165) is 6.42 Å². The maximum Gasteiger partial charge on any atom is 0.319 e. The Bertz CT molecular complexity index is 224. The van der Waals surface area contributed by atoms with Crippen LogP contribution in [0.1, 0.15) is 33.6 Å². The minimum Gasteiger partial charge on any atom is -0.481 e. The van der Waals surface area contributed by atoms with Gasteiger partial charge in [0.25, 0.3) is 0 Å². The molecule has 0 saturated carbocycles. The van der Waals surface area contributed by atoms with Gasteiger partial charge in [0.1, 0.15) is 0 Å².